The fourth-order valence-electron chi connectivity index (χ4n) is 2.74. The van der Waals surface area contributed by atoms with Gasteiger partial charge in [0.2, 0.25) is 0 Å². The van der Waals surface area contributed by atoms with Crippen molar-refractivity contribution in [3.63, 3.8) is 0 Å². The molecule has 0 saturated heterocycles. The van der Waals surface area contributed by atoms with Gasteiger partial charge in [0, 0.05) is 7.11 Å². The summed E-state index contributed by atoms with van der Waals surface area (Å²) in [7, 11) is 1.43. The van der Waals surface area contributed by atoms with Crippen LogP contribution in [-0.4, -0.2) is 25.6 Å². The van der Waals surface area contributed by atoms with Crippen LogP contribution in [0.1, 0.15) is 58.8 Å². The van der Waals surface area contributed by atoms with E-state index in [9.17, 15) is 8.78 Å². The fraction of sp³-hybridized carbons (Fsp3) is 1.00. The number of hydrogen-bond donors (Lipinski definition) is 0. The molecule has 2 fully saturated rings. The van der Waals surface area contributed by atoms with Crippen LogP contribution >= 0.6 is 0 Å². The van der Waals surface area contributed by atoms with Crippen molar-refractivity contribution in [3.05, 3.63) is 0 Å². The van der Waals surface area contributed by atoms with Crippen LogP contribution < -0.4 is 0 Å². The summed E-state index contributed by atoms with van der Waals surface area (Å²) in [4.78, 5) is 0. The molecule has 0 aromatic carbocycles. The smallest absolute Gasteiger partial charge is 0.157 e. The van der Waals surface area contributed by atoms with E-state index >= 15 is 0 Å². The highest BCUT2D eigenvalue weighted by Gasteiger charge is 2.33. The van der Waals surface area contributed by atoms with Crippen molar-refractivity contribution in [1.29, 1.82) is 0 Å². The van der Waals surface area contributed by atoms with E-state index in [2.05, 4.69) is 13.8 Å². The summed E-state index contributed by atoms with van der Waals surface area (Å²) in [6, 6.07) is 0. The van der Waals surface area contributed by atoms with Gasteiger partial charge in [0.1, 0.15) is 6.17 Å². The Morgan fingerprint density at radius 2 is 1.33 bits per heavy atom. The lowest BCUT2D eigenvalue weighted by molar-refractivity contribution is -0.0327. The molecule has 0 aromatic heterocycles. The molecule has 0 radical (unpaired) electrons. The van der Waals surface area contributed by atoms with Crippen molar-refractivity contribution in [2.45, 2.75) is 77.2 Å². The summed E-state index contributed by atoms with van der Waals surface area (Å²) < 4.78 is 30.1. The molecule has 0 aliphatic heterocycles. The Bertz CT molecular complexity index is 205. The summed E-state index contributed by atoms with van der Waals surface area (Å²) in [5.41, 5.74) is 0. The molecule has 0 heterocycles. The second-order valence-corrected chi connectivity index (χ2v) is 6.03. The molecule has 1 nitrogen and oxygen atoms in total. The first-order valence-electron chi connectivity index (χ1n) is 7.35. The predicted molar refractivity (Wildman–Crippen MR) is 71.2 cm³/mol. The molecule has 0 N–H and O–H groups in total. The lowest BCUT2D eigenvalue weighted by Crippen LogP contribution is -2.36. The molecule has 3 atom stereocenters. The topological polar surface area (TPSA) is 9.23 Å². The highest BCUT2D eigenvalue weighted by atomic mass is 19.2. The molecule has 2 rings (SSSR count). The van der Waals surface area contributed by atoms with Crippen LogP contribution in [0.5, 0.6) is 0 Å². The predicted octanol–water partition coefficient (Wildman–Crippen LogP) is 4.69. The van der Waals surface area contributed by atoms with Gasteiger partial charge >= 0.3 is 0 Å². The van der Waals surface area contributed by atoms with Crippen molar-refractivity contribution in [2.75, 3.05) is 7.11 Å². The van der Waals surface area contributed by atoms with Crippen LogP contribution in [0.4, 0.5) is 8.78 Å². The van der Waals surface area contributed by atoms with Gasteiger partial charge in [-0.3, -0.25) is 0 Å². The molecule has 3 unspecified atom stereocenters. The van der Waals surface area contributed by atoms with Gasteiger partial charge in [-0.1, -0.05) is 39.5 Å². The number of methoxy groups -OCH3 is 1. The zero-order chi connectivity index (χ0) is 13.5. The van der Waals surface area contributed by atoms with Gasteiger partial charge < -0.3 is 4.74 Å². The largest absolute Gasteiger partial charge is 0.378 e. The Morgan fingerprint density at radius 1 is 0.833 bits per heavy atom. The molecule has 2 saturated carbocycles. The van der Waals surface area contributed by atoms with Gasteiger partial charge in [0.25, 0.3) is 0 Å². The van der Waals surface area contributed by atoms with Gasteiger partial charge in [-0.2, -0.15) is 0 Å². The van der Waals surface area contributed by atoms with Crippen LogP contribution in [0.25, 0.3) is 0 Å². The molecule has 0 amide bonds. The molecule has 0 spiro atoms. The van der Waals surface area contributed by atoms with Crippen LogP contribution in [0.2, 0.25) is 0 Å². The number of hydrogen-bond acceptors (Lipinski definition) is 1. The lowest BCUT2D eigenvalue weighted by atomic mass is 9.84. The minimum absolute atomic E-state index is 0.348. The van der Waals surface area contributed by atoms with Gasteiger partial charge in [0.15, 0.2) is 6.17 Å². The molecular weight excluding hydrogens is 234 g/mol. The molecule has 2 aliphatic carbocycles. The summed E-state index contributed by atoms with van der Waals surface area (Å²) in [5, 5.41) is 0. The number of alkyl halides is 2. The third kappa shape index (κ3) is 5.21. The van der Waals surface area contributed by atoms with Crippen LogP contribution in [0.15, 0.2) is 0 Å². The van der Waals surface area contributed by atoms with E-state index in [0.29, 0.717) is 12.8 Å². The fourth-order valence-corrected chi connectivity index (χ4v) is 2.74. The third-order valence-corrected chi connectivity index (χ3v) is 4.28. The molecule has 2 aliphatic rings. The Labute approximate surface area is 110 Å². The van der Waals surface area contributed by atoms with Gasteiger partial charge in [-0.25, -0.2) is 8.78 Å². The average Bonchev–Trinajstić information content (AvgIpc) is 2.37. The number of halogens is 2. The molecule has 0 aromatic rings. The SMILES string of the molecule is CC1CCC(C)CC1.COC1CCCC(F)C1F. The first kappa shape index (κ1) is 15.9. The summed E-state index contributed by atoms with van der Waals surface area (Å²) in [5.74, 6) is 2.04. The summed E-state index contributed by atoms with van der Waals surface area (Å²) in [6.45, 7) is 4.73. The van der Waals surface area contributed by atoms with E-state index in [1.54, 1.807) is 0 Å². The van der Waals surface area contributed by atoms with E-state index in [4.69, 9.17) is 4.74 Å². The average molecular weight is 262 g/mol. The summed E-state index contributed by atoms with van der Waals surface area (Å²) in [6.07, 6.45) is 4.41. The molecular formula is C15H28F2O. The van der Waals surface area contributed by atoms with Gasteiger partial charge in [0.05, 0.1) is 6.10 Å². The lowest BCUT2D eigenvalue weighted by Gasteiger charge is -2.27. The monoisotopic (exact) mass is 262 g/mol. The highest BCUT2D eigenvalue weighted by molar-refractivity contribution is 4.82. The maximum absolute atomic E-state index is 12.7. The van der Waals surface area contributed by atoms with Gasteiger partial charge in [-0.05, 0) is 31.1 Å². The van der Waals surface area contributed by atoms with E-state index in [1.807, 2.05) is 0 Å². The van der Waals surface area contributed by atoms with Crippen molar-refractivity contribution < 1.29 is 13.5 Å². The normalized spacial score (nSPS) is 40.8. The Hall–Kier alpha value is -0.180. The highest BCUT2D eigenvalue weighted by Crippen LogP contribution is 2.27. The summed E-state index contributed by atoms with van der Waals surface area (Å²) >= 11 is 0. The number of ether oxygens (including phenoxy) is 1. The van der Waals surface area contributed by atoms with Crippen LogP contribution in [0, 0.1) is 11.8 Å². The zero-order valence-corrected chi connectivity index (χ0v) is 12.0. The van der Waals surface area contributed by atoms with Crippen molar-refractivity contribution in [2.24, 2.45) is 11.8 Å². The minimum Gasteiger partial charge on any atom is -0.378 e. The second-order valence-electron chi connectivity index (χ2n) is 6.03. The minimum atomic E-state index is -1.40. The molecule has 0 bridgehead atoms. The van der Waals surface area contributed by atoms with E-state index in [1.165, 1.54) is 32.8 Å². The third-order valence-electron chi connectivity index (χ3n) is 4.28. The van der Waals surface area contributed by atoms with Crippen molar-refractivity contribution >= 4 is 0 Å². The number of rotatable bonds is 1. The second kappa shape index (κ2) is 8.08. The molecule has 3 heteroatoms. The Morgan fingerprint density at radius 3 is 1.72 bits per heavy atom. The van der Waals surface area contributed by atoms with E-state index in [0.717, 1.165) is 18.3 Å². The maximum atomic E-state index is 12.7. The quantitative estimate of drug-likeness (QED) is 0.666. The van der Waals surface area contributed by atoms with Crippen LogP contribution in [0.3, 0.4) is 0 Å². The maximum Gasteiger partial charge on any atom is 0.157 e. The van der Waals surface area contributed by atoms with Crippen LogP contribution in [-0.2, 0) is 4.74 Å². The van der Waals surface area contributed by atoms with E-state index in [-0.39, 0.29) is 0 Å². The zero-order valence-electron chi connectivity index (χ0n) is 12.0. The first-order chi connectivity index (χ1) is 8.54. The van der Waals surface area contributed by atoms with Crippen molar-refractivity contribution in [3.8, 4) is 0 Å². The van der Waals surface area contributed by atoms with Gasteiger partial charge in [-0.15, -0.1) is 0 Å². The van der Waals surface area contributed by atoms with Crippen molar-refractivity contribution in [1.82, 2.24) is 0 Å². The van der Waals surface area contributed by atoms with E-state index < -0.39 is 18.4 Å². The molecule has 18 heavy (non-hydrogen) atoms. The molecule has 108 valence electrons. The first-order valence-corrected chi connectivity index (χ1v) is 7.35. The Kier molecular flexibility index (Phi) is 7.13. The Balaban J connectivity index is 0.000000184. The standard InChI is InChI=1S/C8H16.C7H12F2O/c1-7-3-5-8(2)6-4-7;1-10-6-4-2-3-5(8)7(6)9/h7-8H,3-6H2,1-2H3;5-7H,2-4H2,1H3.